The first kappa shape index (κ1) is 18.6. The van der Waals surface area contributed by atoms with Crippen LogP contribution in [0.4, 0.5) is 0 Å². The van der Waals surface area contributed by atoms with Crippen LogP contribution in [0.15, 0.2) is 35.1 Å². The number of hydrogen-bond acceptors (Lipinski definition) is 5. The molecular formula is C19H25N5OS. The minimum atomic E-state index is 0.112. The minimum absolute atomic E-state index is 0.112. The summed E-state index contributed by atoms with van der Waals surface area (Å²) in [5, 5.41) is 12.7. The zero-order valence-electron chi connectivity index (χ0n) is 15.6. The molecule has 0 N–H and O–H groups in total. The fourth-order valence-corrected chi connectivity index (χ4v) is 3.96. The molecule has 0 spiro atoms. The van der Waals surface area contributed by atoms with Crippen LogP contribution in [-0.4, -0.2) is 43.3 Å². The number of nitrogens with zero attached hydrogens (tertiary/aromatic N) is 5. The van der Waals surface area contributed by atoms with Crippen molar-refractivity contribution in [2.75, 3.05) is 12.3 Å². The second-order valence-corrected chi connectivity index (χ2v) is 7.40. The van der Waals surface area contributed by atoms with Crippen molar-refractivity contribution in [2.24, 2.45) is 0 Å². The summed E-state index contributed by atoms with van der Waals surface area (Å²) in [4.78, 5) is 14.6. The zero-order valence-corrected chi connectivity index (χ0v) is 16.4. The molecule has 0 atom stereocenters. The molecule has 0 saturated carbocycles. The molecule has 7 heteroatoms. The first-order chi connectivity index (χ1) is 12.6. The second-order valence-electron chi connectivity index (χ2n) is 6.46. The lowest BCUT2D eigenvalue weighted by Gasteiger charge is -2.26. The van der Waals surface area contributed by atoms with E-state index >= 15 is 0 Å². The average Bonchev–Trinajstić information content (AvgIpc) is 3.12. The van der Waals surface area contributed by atoms with Crippen LogP contribution in [0.25, 0.3) is 5.69 Å². The Morgan fingerprint density at radius 2 is 2.15 bits per heavy atom. The Morgan fingerprint density at radius 1 is 1.31 bits per heavy atom. The van der Waals surface area contributed by atoms with E-state index in [2.05, 4.69) is 41.5 Å². The van der Waals surface area contributed by atoms with Gasteiger partial charge in [0.1, 0.15) is 0 Å². The van der Waals surface area contributed by atoms with Crippen molar-refractivity contribution in [1.82, 2.24) is 25.1 Å². The molecule has 0 fully saturated rings. The summed E-state index contributed by atoms with van der Waals surface area (Å²) in [7, 11) is 0. The van der Waals surface area contributed by atoms with Crippen molar-refractivity contribution in [1.29, 1.82) is 0 Å². The lowest BCUT2D eigenvalue weighted by Crippen LogP contribution is -2.32. The Labute approximate surface area is 158 Å². The minimum Gasteiger partial charge on any atom is -0.316 e. The highest BCUT2D eigenvalue weighted by atomic mass is 32.2. The van der Waals surface area contributed by atoms with Gasteiger partial charge in [0, 0.05) is 12.2 Å². The molecule has 1 aliphatic rings. The largest absolute Gasteiger partial charge is 0.316 e. The highest BCUT2D eigenvalue weighted by Crippen LogP contribution is 2.25. The van der Waals surface area contributed by atoms with Gasteiger partial charge in [-0.1, -0.05) is 30.0 Å². The van der Waals surface area contributed by atoms with Crippen molar-refractivity contribution in [2.45, 2.75) is 51.6 Å². The number of tetrazole rings is 1. The van der Waals surface area contributed by atoms with E-state index in [1.165, 1.54) is 29.4 Å². The highest BCUT2D eigenvalue weighted by molar-refractivity contribution is 7.99. The van der Waals surface area contributed by atoms with Gasteiger partial charge in [-0.2, -0.15) is 4.68 Å². The average molecular weight is 372 g/mol. The predicted molar refractivity (Wildman–Crippen MR) is 103 cm³/mol. The standard InChI is InChI=1S/C19H25N5OS/c1-4-23(16-10-6-5-7-11-16)18(25)13-26-19-20-21-22-24(19)17-12-8-9-14(2)15(17)3/h8-10,12H,4-7,11,13H2,1-3H3. The number of thioether (sulfide) groups is 1. The molecule has 0 radical (unpaired) electrons. The van der Waals surface area contributed by atoms with Crippen molar-refractivity contribution in [3.63, 3.8) is 0 Å². The number of benzene rings is 1. The zero-order chi connectivity index (χ0) is 18.5. The summed E-state index contributed by atoms with van der Waals surface area (Å²) in [6.07, 6.45) is 6.64. The van der Waals surface area contributed by atoms with Crippen molar-refractivity contribution in [3.8, 4) is 5.69 Å². The van der Waals surface area contributed by atoms with Crippen LogP contribution in [-0.2, 0) is 4.79 Å². The van der Waals surface area contributed by atoms with Gasteiger partial charge in [0.15, 0.2) is 0 Å². The topological polar surface area (TPSA) is 63.9 Å². The van der Waals surface area contributed by atoms with Crippen LogP contribution in [0.1, 0.15) is 43.7 Å². The molecule has 0 bridgehead atoms. The molecule has 1 heterocycles. The monoisotopic (exact) mass is 371 g/mol. The third kappa shape index (κ3) is 3.98. The number of carbonyl (C=O) groups is 1. The van der Waals surface area contributed by atoms with Crippen LogP contribution in [0, 0.1) is 13.8 Å². The molecule has 3 rings (SSSR count). The van der Waals surface area contributed by atoms with Gasteiger partial charge in [0.25, 0.3) is 0 Å². The number of amides is 1. The summed E-state index contributed by atoms with van der Waals surface area (Å²) < 4.78 is 1.72. The molecule has 26 heavy (non-hydrogen) atoms. The third-order valence-electron chi connectivity index (χ3n) is 4.80. The molecule has 138 valence electrons. The number of rotatable bonds is 6. The molecule has 0 saturated heterocycles. The van der Waals surface area contributed by atoms with Crippen LogP contribution in [0.5, 0.6) is 0 Å². The second kappa shape index (κ2) is 8.49. The maximum Gasteiger partial charge on any atom is 0.237 e. The van der Waals surface area contributed by atoms with E-state index in [-0.39, 0.29) is 5.91 Å². The molecule has 1 aromatic heterocycles. The van der Waals surface area contributed by atoms with Gasteiger partial charge in [0.2, 0.25) is 11.1 Å². The predicted octanol–water partition coefficient (Wildman–Crippen LogP) is 3.68. The van der Waals surface area contributed by atoms with Gasteiger partial charge in [0.05, 0.1) is 11.4 Å². The summed E-state index contributed by atoms with van der Waals surface area (Å²) in [5.41, 5.74) is 4.44. The Bertz CT molecular complexity index is 814. The normalized spacial score (nSPS) is 14.2. The highest BCUT2D eigenvalue weighted by Gasteiger charge is 2.20. The van der Waals surface area contributed by atoms with Crippen molar-refractivity contribution in [3.05, 3.63) is 41.1 Å². The summed E-state index contributed by atoms with van der Waals surface area (Å²) in [6, 6.07) is 6.06. The number of hydrogen-bond donors (Lipinski definition) is 0. The van der Waals surface area contributed by atoms with E-state index in [9.17, 15) is 4.79 Å². The van der Waals surface area contributed by atoms with Gasteiger partial charge >= 0.3 is 0 Å². The van der Waals surface area contributed by atoms with E-state index in [0.29, 0.717) is 17.5 Å². The van der Waals surface area contributed by atoms with Gasteiger partial charge in [-0.25, -0.2) is 0 Å². The summed E-state index contributed by atoms with van der Waals surface area (Å²) >= 11 is 1.39. The molecule has 1 aromatic carbocycles. The van der Waals surface area contributed by atoms with E-state index in [1.807, 2.05) is 24.0 Å². The summed E-state index contributed by atoms with van der Waals surface area (Å²) in [6.45, 7) is 6.85. The Kier molecular flexibility index (Phi) is 6.08. The lowest BCUT2D eigenvalue weighted by molar-refractivity contribution is -0.126. The van der Waals surface area contributed by atoms with Crippen molar-refractivity contribution < 1.29 is 4.79 Å². The van der Waals surface area contributed by atoms with Crippen molar-refractivity contribution >= 4 is 17.7 Å². The number of aromatic nitrogens is 4. The molecule has 2 aromatic rings. The maximum absolute atomic E-state index is 12.7. The van der Waals surface area contributed by atoms with Crippen LogP contribution in [0.3, 0.4) is 0 Å². The molecule has 1 amide bonds. The molecule has 1 aliphatic carbocycles. The third-order valence-corrected chi connectivity index (χ3v) is 5.70. The van der Waals surface area contributed by atoms with Gasteiger partial charge in [-0.3, -0.25) is 4.79 Å². The SMILES string of the molecule is CCN(C(=O)CSc1nnnn1-c1cccc(C)c1C)C1=CCCCC1. The Balaban J connectivity index is 1.72. The first-order valence-electron chi connectivity index (χ1n) is 9.09. The molecule has 0 aliphatic heterocycles. The Morgan fingerprint density at radius 3 is 2.88 bits per heavy atom. The van der Waals surface area contributed by atoms with E-state index in [4.69, 9.17) is 0 Å². The first-order valence-corrected chi connectivity index (χ1v) is 10.1. The summed E-state index contributed by atoms with van der Waals surface area (Å²) in [5.74, 6) is 0.442. The van der Waals surface area contributed by atoms with Crippen LogP contribution in [0.2, 0.25) is 0 Å². The van der Waals surface area contributed by atoms with Gasteiger partial charge < -0.3 is 4.90 Å². The molecule has 6 nitrogen and oxygen atoms in total. The maximum atomic E-state index is 12.7. The lowest BCUT2D eigenvalue weighted by atomic mass is 10.0. The van der Waals surface area contributed by atoms with E-state index < -0.39 is 0 Å². The number of aryl methyl sites for hydroxylation is 1. The fourth-order valence-electron chi connectivity index (χ4n) is 3.20. The molecular weight excluding hydrogens is 346 g/mol. The van der Waals surface area contributed by atoms with Crippen LogP contribution < -0.4 is 0 Å². The quantitative estimate of drug-likeness (QED) is 0.725. The van der Waals surface area contributed by atoms with E-state index in [0.717, 1.165) is 30.5 Å². The van der Waals surface area contributed by atoms with Crippen LogP contribution >= 0.6 is 11.8 Å². The molecule has 0 unspecified atom stereocenters. The number of carbonyl (C=O) groups excluding carboxylic acids is 1. The Hall–Kier alpha value is -2.15. The van der Waals surface area contributed by atoms with Gasteiger partial charge in [-0.15, -0.1) is 5.10 Å². The fraction of sp³-hybridized carbons (Fsp3) is 0.474. The smallest absolute Gasteiger partial charge is 0.237 e. The van der Waals surface area contributed by atoms with Gasteiger partial charge in [-0.05, 0) is 74.1 Å². The number of allylic oxidation sites excluding steroid dienone is 2. The van der Waals surface area contributed by atoms with E-state index in [1.54, 1.807) is 4.68 Å².